The summed E-state index contributed by atoms with van der Waals surface area (Å²) >= 11 is 0. The van der Waals surface area contributed by atoms with E-state index in [0.29, 0.717) is 18.6 Å². The standard InChI is InChI=1S/C30H31F9N6O2/c1-3-21-14-25(23-15-22(47-30(37,38)39)8-9-24(23)45(21)26(46)12-17-6-4-5-7-17)44(27-40-42-43(2)41-27)16-18-10-19(28(31,32)33)13-20(11-18)29(34,35)36/h8-11,13,15,17,21,25H,3-7,12,14,16H2,1-2H3/t21-,25+/m1/s1. The lowest BCUT2D eigenvalue weighted by Crippen LogP contribution is -2.48. The SMILES string of the molecule is CC[C@@H]1C[C@H](N(Cc2cc(C(F)(F)F)cc(C(F)(F)F)c2)c2nnn(C)n2)c2cc(OC(F)(F)F)ccc2N1C(=O)CC1CCCC1. The number of aryl methyl sites for hydroxylation is 1. The number of carbonyl (C=O) groups excluding carboxylic acids is 1. The zero-order valence-electron chi connectivity index (χ0n) is 25.3. The lowest BCUT2D eigenvalue weighted by atomic mass is 9.87. The van der Waals surface area contributed by atoms with Crippen LogP contribution < -0.4 is 14.5 Å². The molecule has 1 aromatic heterocycles. The van der Waals surface area contributed by atoms with Crippen molar-refractivity contribution in [3.05, 3.63) is 58.7 Å². The molecular formula is C30H31F9N6O2. The van der Waals surface area contributed by atoms with Crippen molar-refractivity contribution in [2.75, 3.05) is 9.80 Å². The molecule has 1 aliphatic heterocycles. The summed E-state index contributed by atoms with van der Waals surface area (Å²) < 4.78 is 126. The summed E-state index contributed by atoms with van der Waals surface area (Å²) in [6.45, 7) is 1.19. The number of tetrazole rings is 1. The molecule has 2 atom stereocenters. The first-order valence-corrected chi connectivity index (χ1v) is 14.9. The minimum absolute atomic E-state index is 0.00598. The van der Waals surface area contributed by atoms with E-state index in [1.54, 1.807) is 6.92 Å². The third-order valence-corrected chi connectivity index (χ3v) is 8.52. The Morgan fingerprint density at radius 1 is 0.957 bits per heavy atom. The van der Waals surface area contributed by atoms with Crippen LogP contribution >= 0.6 is 0 Å². The van der Waals surface area contributed by atoms with E-state index in [1.807, 2.05) is 0 Å². The summed E-state index contributed by atoms with van der Waals surface area (Å²) in [6.07, 6.45) is -10.9. The molecule has 0 saturated heterocycles. The first kappa shape index (κ1) is 34.3. The molecule has 1 saturated carbocycles. The number of hydrogen-bond donors (Lipinski definition) is 0. The maximum atomic E-state index is 13.8. The number of alkyl halides is 9. The summed E-state index contributed by atoms with van der Waals surface area (Å²) in [6, 6.07) is 3.05. The van der Waals surface area contributed by atoms with Gasteiger partial charge in [-0.3, -0.25) is 4.79 Å². The van der Waals surface area contributed by atoms with Crippen molar-refractivity contribution in [1.82, 2.24) is 20.2 Å². The second-order valence-corrected chi connectivity index (χ2v) is 11.8. The van der Waals surface area contributed by atoms with Crippen molar-refractivity contribution in [2.45, 2.75) is 89.2 Å². The Morgan fingerprint density at radius 3 is 2.13 bits per heavy atom. The number of nitrogens with zero attached hydrogens (tertiary/aromatic N) is 6. The second kappa shape index (κ2) is 12.9. The van der Waals surface area contributed by atoms with E-state index < -0.39 is 59.8 Å². The molecule has 0 radical (unpaired) electrons. The van der Waals surface area contributed by atoms with Gasteiger partial charge in [0.25, 0.3) is 5.95 Å². The lowest BCUT2D eigenvalue weighted by Gasteiger charge is -2.44. The Bertz CT molecular complexity index is 1550. The molecule has 0 bridgehead atoms. The van der Waals surface area contributed by atoms with Crippen molar-refractivity contribution in [3.8, 4) is 5.75 Å². The van der Waals surface area contributed by atoms with Gasteiger partial charge in [0.2, 0.25) is 5.91 Å². The van der Waals surface area contributed by atoms with Crippen molar-refractivity contribution in [3.63, 3.8) is 0 Å². The van der Waals surface area contributed by atoms with Gasteiger partial charge in [0.15, 0.2) is 0 Å². The quantitative estimate of drug-likeness (QED) is 0.225. The van der Waals surface area contributed by atoms with Crippen LogP contribution in [0.2, 0.25) is 0 Å². The number of aromatic nitrogens is 4. The summed E-state index contributed by atoms with van der Waals surface area (Å²) in [5.74, 6) is -0.898. The Balaban J connectivity index is 1.64. The predicted octanol–water partition coefficient (Wildman–Crippen LogP) is 7.99. The van der Waals surface area contributed by atoms with Gasteiger partial charge in [-0.05, 0) is 78.8 Å². The van der Waals surface area contributed by atoms with Crippen LogP contribution in [0.25, 0.3) is 0 Å². The fourth-order valence-corrected chi connectivity index (χ4v) is 6.46. The van der Waals surface area contributed by atoms with Crippen LogP contribution in [0.15, 0.2) is 36.4 Å². The van der Waals surface area contributed by atoms with Crippen molar-refractivity contribution in [2.24, 2.45) is 13.0 Å². The molecule has 8 nitrogen and oxygen atoms in total. The highest BCUT2D eigenvalue weighted by Crippen LogP contribution is 2.46. The van der Waals surface area contributed by atoms with E-state index in [1.165, 1.54) is 22.9 Å². The van der Waals surface area contributed by atoms with Gasteiger partial charge in [-0.2, -0.15) is 31.1 Å². The van der Waals surface area contributed by atoms with Gasteiger partial charge >= 0.3 is 18.7 Å². The largest absolute Gasteiger partial charge is 0.573 e. The molecule has 1 fully saturated rings. The van der Waals surface area contributed by atoms with Crippen LogP contribution in [0, 0.1) is 5.92 Å². The average Bonchev–Trinajstić information content (AvgIpc) is 3.65. The smallest absolute Gasteiger partial charge is 0.406 e. The highest BCUT2D eigenvalue weighted by atomic mass is 19.4. The third kappa shape index (κ3) is 7.92. The number of anilines is 2. The Kier molecular flexibility index (Phi) is 9.38. The predicted molar refractivity (Wildman–Crippen MR) is 150 cm³/mol. The number of fused-ring (bicyclic) bond motifs is 1. The van der Waals surface area contributed by atoms with E-state index in [-0.39, 0.29) is 47.9 Å². The molecule has 0 spiro atoms. The maximum absolute atomic E-state index is 13.8. The number of hydrogen-bond acceptors (Lipinski definition) is 6. The van der Waals surface area contributed by atoms with Crippen LogP contribution in [-0.4, -0.2) is 38.5 Å². The second-order valence-electron chi connectivity index (χ2n) is 11.8. The van der Waals surface area contributed by atoms with E-state index in [9.17, 15) is 44.3 Å². The highest BCUT2D eigenvalue weighted by Gasteiger charge is 2.42. The molecule has 1 amide bonds. The number of halogens is 9. The number of ether oxygens (including phenoxy) is 1. The highest BCUT2D eigenvalue weighted by molar-refractivity contribution is 5.96. The van der Waals surface area contributed by atoms with Gasteiger partial charge in [-0.25, -0.2) is 0 Å². The van der Waals surface area contributed by atoms with Gasteiger partial charge in [0.1, 0.15) is 5.75 Å². The molecule has 5 rings (SSSR count). The first-order chi connectivity index (χ1) is 21.9. The van der Waals surface area contributed by atoms with Gasteiger partial charge < -0.3 is 14.5 Å². The Morgan fingerprint density at radius 2 is 1.60 bits per heavy atom. The van der Waals surface area contributed by atoms with Crippen molar-refractivity contribution >= 4 is 17.5 Å². The van der Waals surface area contributed by atoms with E-state index >= 15 is 0 Å². The Hall–Kier alpha value is -4.05. The molecule has 3 aromatic rings. The van der Waals surface area contributed by atoms with Crippen LogP contribution in [-0.2, 0) is 30.7 Å². The fourth-order valence-electron chi connectivity index (χ4n) is 6.46. The zero-order chi connectivity index (χ0) is 34.3. The number of rotatable bonds is 8. The molecule has 0 N–H and O–H groups in total. The summed E-state index contributed by atoms with van der Waals surface area (Å²) in [7, 11) is 1.39. The van der Waals surface area contributed by atoms with Crippen LogP contribution in [0.1, 0.15) is 80.2 Å². The molecule has 47 heavy (non-hydrogen) atoms. The van der Waals surface area contributed by atoms with Gasteiger partial charge in [0.05, 0.1) is 24.2 Å². The molecule has 17 heteroatoms. The molecule has 1 aliphatic carbocycles. The van der Waals surface area contributed by atoms with Crippen LogP contribution in [0.3, 0.4) is 0 Å². The first-order valence-electron chi connectivity index (χ1n) is 14.9. The third-order valence-electron chi connectivity index (χ3n) is 8.52. The number of amides is 1. The van der Waals surface area contributed by atoms with E-state index in [2.05, 4.69) is 20.1 Å². The van der Waals surface area contributed by atoms with Gasteiger partial charge in [0, 0.05) is 30.3 Å². The summed E-state index contributed by atoms with van der Waals surface area (Å²) in [4.78, 5) is 17.6. The average molecular weight is 679 g/mol. The molecule has 0 unspecified atom stereocenters. The number of carbonyl (C=O) groups is 1. The molecule has 256 valence electrons. The van der Waals surface area contributed by atoms with Crippen molar-refractivity contribution < 1.29 is 49.0 Å². The maximum Gasteiger partial charge on any atom is 0.573 e. The lowest BCUT2D eigenvalue weighted by molar-refractivity contribution is -0.274. The Labute approximate surface area is 263 Å². The summed E-state index contributed by atoms with van der Waals surface area (Å²) in [5.41, 5.74) is -3.09. The van der Waals surface area contributed by atoms with Crippen LogP contribution in [0.5, 0.6) is 5.75 Å². The molecular weight excluding hydrogens is 647 g/mol. The van der Waals surface area contributed by atoms with Crippen LogP contribution in [0.4, 0.5) is 51.1 Å². The monoisotopic (exact) mass is 678 g/mol. The van der Waals surface area contributed by atoms with E-state index in [4.69, 9.17) is 0 Å². The molecule has 2 aromatic carbocycles. The normalized spacial score (nSPS) is 19.2. The minimum Gasteiger partial charge on any atom is -0.406 e. The number of benzene rings is 2. The molecule has 2 aliphatic rings. The van der Waals surface area contributed by atoms with E-state index in [0.717, 1.165) is 42.6 Å². The topological polar surface area (TPSA) is 76.4 Å². The summed E-state index contributed by atoms with van der Waals surface area (Å²) in [5, 5.41) is 11.9. The fraction of sp³-hybridized carbons (Fsp3) is 0.533. The van der Waals surface area contributed by atoms with Gasteiger partial charge in [-0.15, -0.1) is 18.3 Å². The molecule has 2 heterocycles. The zero-order valence-corrected chi connectivity index (χ0v) is 25.3. The van der Waals surface area contributed by atoms with Gasteiger partial charge in [-0.1, -0.05) is 24.9 Å². The van der Waals surface area contributed by atoms with Crippen molar-refractivity contribution in [1.29, 1.82) is 0 Å². The minimum atomic E-state index is -5.11.